The number of hydrogen-bond acceptors (Lipinski definition) is 7. The zero-order valence-electron chi connectivity index (χ0n) is 21.8. The fourth-order valence-electron chi connectivity index (χ4n) is 7.57. The molecule has 0 bridgehead atoms. The molecule has 2 atom stereocenters. The summed E-state index contributed by atoms with van der Waals surface area (Å²) >= 11 is 0. The monoisotopic (exact) mass is 529 g/mol. The quantitative estimate of drug-likeness (QED) is 0.599. The Bertz CT molecular complexity index is 1180. The van der Waals surface area contributed by atoms with Crippen LogP contribution in [0, 0.1) is 11.3 Å². The van der Waals surface area contributed by atoms with Crippen molar-refractivity contribution >= 4 is 27.9 Å². The topological polar surface area (TPSA) is 111 Å². The Hall–Kier alpha value is -1.82. The zero-order chi connectivity index (χ0) is 25.4. The number of carbonyl (C=O) groups is 1. The second-order valence-electron chi connectivity index (χ2n) is 12.5. The van der Waals surface area contributed by atoms with Gasteiger partial charge in [0.05, 0.1) is 5.41 Å². The summed E-state index contributed by atoms with van der Waals surface area (Å²) in [6, 6.07) is 0.341. The van der Waals surface area contributed by atoms with E-state index in [0.717, 1.165) is 69.4 Å². The van der Waals surface area contributed by atoms with E-state index in [4.69, 9.17) is 4.98 Å². The van der Waals surface area contributed by atoms with Crippen LogP contribution in [0.5, 0.6) is 0 Å². The molecule has 11 heteroatoms. The molecule has 2 spiro atoms. The summed E-state index contributed by atoms with van der Waals surface area (Å²) in [5.41, 5.74) is 0.767. The van der Waals surface area contributed by atoms with Gasteiger partial charge in [-0.15, -0.1) is 0 Å². The molecule has 0 radical (unpaired) electrons. The highest BCUT2D eigenvalue weighted by Gasteiger charge is 2.62. The predicted octanol–water partition coefficient (Wildman–Crippen LogP) is 1.85. The van der Waals surface area contributed by atoms with Gasteiger partial charge in [0.1, 0.15) is 5.82 Å². The van der Waals surface area contributed by atoms with Gasteiger partial charge in [-0.2, -0.15) is 22.0 Å². The Morgan fingerprint density at radius 1 is 1.05 bits per heavy atom. The molecular weight excluding hydrogens is 490 g/mol. The minimum Gasteiger partial charge on any atom is -0.351 e. The molecule has 2 aliphatic carbocycles. The van der Waals surface area contributed by atoms with E-state index in [2.05, 4.69) is 22.5 Å². The molecule has 1 amide bonds. The highest BCUT2D eigenvalue weighted by Crippen LogP contribution is 2.58. The van der Waals surface area contributed by atoms with Gasteiger partial charge in [-0.1, -0.05) is 13.3 Å². The highest BCUT2D eigenvalue weighted by atomic mass is 32.2. The van der Waals surface area contributed by atoms with Gasteiger partial charge in [0.2, 0.25) is 11.9 Å². The van der Waals surface area contributed by atoms with Gasteiger partial charge in [0.25, 0.3) is 10.2 Å². The molecule has 2 unspecified atom stereocenters. The normalized spacial score (nSPS) is 31.6. The van der Waals surface area contributed by atoms with E-state index in [1.54, 1.807) is 8.61 Å². The van der Waals surface area contributed by atoms with Crippen LogP contribution in [0.15, 0.2) is 6.20 Å². The summed E-state index contributed by atoms with van der Waals surface area (Å²) in [7, 11) is -3.40. The molecule has 2 N–H and O–H groups in total. The van der Waals surface area contributed by atoms with Crippen LogP contribution in [-0.2, 0) is 20.4 Å². The fourth-order valence-corrected chi connectivity index (χ4v) is 9.45. The molecule has 7 rings (SSSR count). The molecule has 6 aliphatic rings. The van der Waals surface area contributed by atoms with Crippen molar-refractivity contribution < 1.29 is 13.2 Å². The number of fused-ring (bicyclic) bond motifs is 2. The average molecular weight is 530 g/mol. The number of rotatable bonds is 5. The molecule has 202 valence electrons. The Labute approximate surface area is 219 Å². The fraction of sp³-hybridized carbons (Fsp3) is 0.808. The molecule has 5 heterocycles. The summed E-state index contributed by atoms with van der Waals surface area (Å²) in [5, 5.41) is 6.90. The highest BCUT2D eigenvalue weighted by molar-refractivity contribution is 7.86. The molecule has 1 aromatic heterocycles. The van der Waals surface area contributed by atoms with Crippen molar-refractivity contribution in [1.29, 1.82) is 0 Å². The van der Waals surface area contributed by atoms with Crippen LogP contribution < -0.4 is 15.5 Å². The number of nitrogens with zero attached hydrogens (tertiary/aromatic N) is 5. The molecule has 1 aromatic rings. The number of hydrogen-bond donors (Lipinski definition) is 2. The third-order valence-corrected chi connectivity index (χ3v) is 12.0. The van der Waals surface area contributed by atoms with Crippen LogP contribution in [0.1, 0.15) is 70.3 Å². The standard InChI is InChI=1S/C26H39N7O3S/c1-18-4-2-5-21(18)33-22-20(26(9-10-26)23(33)34)14-28-24(30-22)29-19-6-12-31(13-7-19)37(35,36)32-16-25(17-32)8-3-11-27-15-25/h14,18-19,21,27H,2-13,15-17H2,1H3,(H,28,29,30). The van der Waals surface area contributed by atoms with Crippen molar-refractivity contribution in [3.63, 3.8) is 0 Å². The Morgan fingerprint density at radius 2 is 1.84 bits per heavy atom. The minimum atomic E-state index is -3.40. The van der Waals surface area contributed by atoms with Crippen molar-refractivity contribution in [1.82, 2.24) is 23.9 Å². The van der Waals surface area contributed by atoms with Crippen molar-refractivity contribution in [2.45, 2.75) is 82.2 Å². The van der Waals surface area contributed by atoms with Crippen LogP contribution in [-0.4, -0.2) is 84.3 Å². The molecule has 0 aromatic carbocycles. The lowest BCUT2D eigenvalue weighted by atomic mass is 9.75. The third-order valence-electron chi connectivity index (χ3n) is 10.1. The van der Waals surface area contributed by atoms with Crippen molar-refractivity contribution in [2.24, 2.45) is 11.3 Å². The Kier molecular flexibility index (Phi) is 5.63. The number of aromatic nitrogens is 2. The maximum absolute atomic E-state index is 13.5. The average Bonchev–Trinajstić information content (AvgIpc) is 3.53. The predicted molar refractivity (Wildman–Crippen MR) is 140 cm³/mol. The number of anilines is 2. The molecular formula is C26H39N7O3S. The second kappa shape index (κ2) is 8.59. The summed E-state index contributed by atoms with van der Waals surface area (Å²) in [6.07, 6.45) is 10.7. The number of carbonyl (C=O) groups excluding carboxylic acids is 1. The van der Waals surface area contributed by atoms with Gasteiger partial charge in [0, 0.05) is 62.0 Å². The second-order valence-corrected chi connectivity index (χ2v) is 14.5. The molecule has 37 heavy (non-hydrogen) atoms. The summed E-state index contributed by atoms with van der Waals surface area (Å²) < 4.78 is 29.8. The van der Waals surface area contributed by atoms with Crippen LogP contribution in [0.25, 0.3) is 0 Å². The first-order valence-electron chi connectivity index (χ1n) is 14.3. The number of nitrogens with one attached hydrogen (secondary N) is 2. The minimum absolute atomic E-state index is 0.112. The maximum Gasteiger partial charge on any atom is 0.282 e. The number of piperidine rings is 2. The van der Waals surface area contributed by atoms with Gasteiger partial charge >= 0.3 is 0 Å². The van der Waals surface area contributed by atoms with E-state index in [-0.39, 0.29) is 28.8 Å². The molecule has 10 nitrogen and oxygen atoms in total. The molecule has 3 saturated heterocycles. The van der Waals surface area contributed by atoms with Gasteiger partial charge in [-0.3, -0.25) is 9.69 Å². The smallest absolute Gasteiger partial charge is 0.282 e. The van der Waals surface area contributed by atoms with Crippen LogP contribution >= 0.6 is 0 Å². The third kappa shape index (κ3) is 3.83. The van der Waals surface area contributed by atoms with Crippen molar-refractivity contribution in [2.75, 3.05) is 49.5 Å². The summed E-state index contributed by atoms with van der Waals surface area (Å²) in [4.78, 5) is 25.0. The molecule has 4 aliphatic heterocycles. The van der Waals surface area contributed by atoms with Crippen LogP contribution in [0.4, 0.5) is 11.8 Å². The molecule has 5 fully saturated rings. The van der Waals surface area contributed by atoms with Gasteiger partial charge in [0.15, 0.2) is 0 Å². The Balaban J connectivity index is 1.00. The van der Waals surface area contributed by atoms with Crippen molar-refractivity contribution in [3.8, 4) is 0 Å². The SMILES string of the molecule is CC1CCCC1N1C(=O)C2(CC2)c2cnc(NC3CCN(S(=O)(=O)N4CC5(CCCNC5)C4)CC3)nc21. The van der Waals surface area contributed by atoms with Gasteiger partial charge in [-0.05, 0) is 63.8 Å². The Morgan fingerprint density at radius 3 is 2.49 bits per heavy atom. The lowest BCUT2D eigenvalue weighted by molar-refractivity contribution is -0.120. The van der Waals surface area contributed by atoms with E-state index >= 15 is 0 Å². The first-order chi connectivity index (χ1) is 17.8. The van der Waals surface area contributed by atoms with E-state index in [1.807, 2.05) is 11.1 Å². The number of amides is 1. The zero-order valence-corrected chi connectivity index (χ0v) is 22.6. The van der Waals surface area contributed by atoms with E-state index in [9.17, 15) is 13.2 Å². The van der Waals surface area contributed by atoms with E-state index in [0.29, 0.717) is 50.9 Å². The largest absolute Gasteiger partial charge is 0.351 e. The van der Waals surface area contributed by atoms with E-state index < -0.39 is 10.2 Å². The summed E-state index contributed by atoms with van der Waals surface area (Å²) in [6.45, 7) is 6.49. The van der Waals surface area contributed by atoms with Crippen molar-refractivity contribution in [3.05, 3.63) is 11.8 Å². The lowest BCUT2D eigenvalue weighted by Gasteiger charge is -2.52. The van der Waals surface area contributed by atoms with Gasteiger partial charge in [-0.25, -0.2) is 4.98 Å². The summed E-state index contributed by atoms with van der Waals surface area (Å²) in [5.74, 6) is 2.07. The van der Waals surface area contributed by atoms with E-state index in [1.165, 1.54) is 0 Å². The lowest BCUT2D eigenvalue weighted by Crippen LogP contribution is -2.66. The van der Waals surface area contributed by atoms with Gasteiger partial charge < -0.3 is 10.6 Å². The van der Waals surface area contributed by atoms with Crippen LogP contribution in [0.2, 0.25) is 0 Å². The van der Waals surface area contributed by atoms with Crippen LogP contribution in [0.3, 0.4) is 0 Å². The maximum atomic E-state index is 13.5. The molecule has 2 saturated carbocycles. The first kappa shape index (κ1) is 24.2. The first-order valence-corrected chi connectivity index (χ1v) is 15.6.